The molecule has 0 radical (unpaired) electrons. The number of hydrogen-bond donors (Lipinski definition) is 0. The first-order chi connectivity index (χ1) is 8.15. The van der Waals surface area contributed by atoms with E-state index in [1.807, 2.05) is 6.92 Å². The van der Waals surface area contributed by atoms with Crippen LogP contribution in [0.2, 0.25) is 0 Å². The minimum Gasteiger partial charge on any atom is -0.463 e. The lowest BCUT2D eigenvalue weighted by Gasteiger charge is -2.57. The zero-order valence-corrected chi connectivity index (χ0v) is 12.6. The number of allylic oxidation sites excluding steroid dienone is 3. The van der Waals surface area contributed by atoms with Crippen LogP contribution in [-0.4, -0.2) is 22.2 Å². The van der Waals surface area contributed by atoms with Crippen LogP contribution in [0.15, 0.2) is 23.8 Å². The quantitative estimate of drug-likeness (QED) is 0.429. The second-order valence-electron chi connectivity index (χ2n) is 4.87. The van der Waals surface area contributed by atoms with Crippen LogP contribution < -0.4 is 0 Å². The van der Waals surface area contributed by atoms with Crippen molar-refractivity contribution in [3.63, 3.8) is 0 Å². The van der Waals surface area contributed by atoms with Gasteiger partial charge in [-0.2, -0.15) is 0 Å². The van der Waals surface area contributed by atoms with Gasteiger partial charge in [0.1, 0.15) is 0 Å². The van der Waals surface area contributed by atoms with E-state index in [2.05, 4.69) is 50.1 Å². The number of hydrogen-bond acceptors (Lipinski definition) is 2. The summed E-state index contributed by atoms with van der Waals surface area (Å²) in [6.45, 7) is 2.30. The summed E-state index contributed by atoms with van der Waals surface area (Å²) in [7, 11) is 0. The standard InChI is InChI=1S/C13H14Br2O2/c1-2-17-13(16)8-5-6-3-4-7(8)10-9(6)11(14)12(10)15/h3-7,9-12H,2H2,1H3/t6-,7-,9+,10+,11+,12+/m1/s1. The summed E-state index contributed by atoms with van der Waals surface area (Å²) in [6, 6.07) is 0. The van der Waals surface area contributed by atoms with Crippen molar-refractivity contribution in [3.05, 3.63) is 23.8 Å². The van der Waals surface area contributed by atoms with Crippen LogP contribution in [0.4, 0.5) is 0 Å². The average Bonchev–Trinajstić information content (AvgIpc) is 2.37. The molecular weight excluding hydrogens is 348 g/mol. The number of alkyl halides is 2. The van der Waals surface area contributed by atoms with Gasteiger partial charge in [-0.15, -0.1) is 0 Å². The molecule has 4 heteroatoms. The molecule has 2 nitrogen and oxygen atoms in total. The first kappa shape index (κ1) is 12.0. The fourth-order valence-electron chi connectivity index (χ4n) is 3.33. The van der Waals surface area contributed by atoms with Crippen LogP contribution in [0.25, 0.3) is 0 Å². The number of carbonyl (C=O) groups is 1. The van der Waals surface area contributed by atoms with Crippen molar-refractivity contribution in [2.24, 2.45) is 23.7 Å². The molecule has 0 amide bonds. The van der Waals surface area contributed by atoms with E-state index in [4.69, 9.17) is 4.74 Å². The molecule has 0 saturated heterocycles. The summed E-state index contributed by atoms with van der Waals surface area (Å²) in [4.78, 5) is 12.9. The topological polar surface area (TPSA) is 26.3 Å². The number of esters is 1. The van der Waals surface area contributed by atoms with Gasteiger partial charge in [0.25, 0.3) is 0 Å². The lowest BCUT2D eigenvalue weighted by atomic mass is 9.53. The molecule has 92 valence electrons. The predicted octanol–water partition coefficient (Wildman–Crippen LogP) is 3.06. The Bertz CT molecular complexity index is 416. The summed E-state index contributed by atoms with van der Waals surface area (Å²) in [5.74, 6) is 1.67. The SMILES string of the molecule is CCOC(=O)C1=C[C@H]2C=C[C@H]1[C@@H]1[C@H](Br)[C@@H](Br)[C@@H]21. The first-order valence-corrected chi connectivity index (χ1v) is 7.83. The zero-order valence-electron chi connectivity index (χ0n) is 9.48. The fourth-order valence-corrected chi connectivity index (χ4v) is 5.42. The highest BCUT2D eigenvalue weighted by Gasteiger charge is 2.58. The molecule has 4 rings (SSSR count). The summed E-state index contributed by atoms with van der Waals surface area (Å²) >= 11 is 7.46. The minimum absolute atomic E-state index is 0.136. The fraction of sp³-hybridized carbons (Fsp3) is 0.615. The molecule has 17 heavy (non-hydrogen) atoms. The van der Waals surface area contributed by atoms with E-state index in [1.165, 1.54) is 0 Å². The van der Waals surface area contributed by atoms with Crippen molar-refractivity contribution in [2.45, 2.75) is 16.6 Å². The monoisotopic (exact) mass is 360 g/mol. The molecule has 4 aliphatic rings. The van der Waals surface area contributed by atoms with Crippen LogP contribution >= 0.6 is 31.9 Å². The Kier molecular flexibility index (Phi) is 2.98. The van der Waals surface area contributed by atoms with E-state index in [9.17, 15) is 4.79 Å². The van der Waals surface area contributed by atoms with Gasteiger partial charge in [0.2, 0.25) is 0 Å². The van der Waals surface area contributed by atoms with Crippen molar-refractivity contribution in [1.29, 1.82) is 0 Å². The molecular formula is C13H14Br2O2. The average molecular weight is 362 g/mol. The van der Waals surface area contributed by atoms with Crippen LogP contribution in [-0.2, 0) is 9.53 Å². The van der Waals surface area contributed by atoms with Gasteiger partial charge in [-0.1, -0.05) is 50.1 Å². The Morgan fingerprint density at radius 1 is 1.29 bits per heavy atom. The van der Waals surface area contributed by atoms with Gasteiger partial charge in [0.05, 0.1) is 6.61 Å². The molecule has 6 atom stereocenters. The predicted molar refractivity (Wildman–Crippen MR) is 73.2 cm³/mol. The molecule has 1 fully saturated rings. The maximum absolute atomic E-state index is 11.9. The molecule has 4 aliphatic carbocycles. The summed E-state index contributed by atoms with van der Waals surface area (Å²) in [5.41, 5.74) is 0.865. The summed E-state index contributed by atoms with van der Waals surface area (Å²) in [6.07, 6.45) is 6.53. The van der Waals surface area contributed by atoms with E-state index in [1.54, 1.807) is 0 Å². The molecule has 0 N–H and O–H groups in total. The Morgan fingerprint density at radius 3 is 2.71 bits per heavy atom. The Labute approximate surface area is 118 Å². The van der Waals surface area contributed by atoms with Crippen LogP contribution in [0.5, 0.6) is 0 Å². The normalized spacial score (nSPS) is 45.9. The van der Waals surface area contributed by atoms with E-state index in [0.29, 0.717) is 34.0 Å². The van der Waals surface area contributed by atoms with Gasteiger partial charge in [-0.25, -0.2) is 4.79 Å². The summed E-state index contributed by atoms with van der Waals surface area (Å²) in [5, 5.41) is 0. The summed E-state index contributed by atoms with van der Waals surface area (Å²) < 4.78 is 5.14. The zero-order chi connectivity index (χ0) is 12.2. The van der Waals surface area contributed by atoms with Gasteiger partial charge in [-0.05, 0) is 24.7 Å². The molecule has 0 aromatic rings. The molecule has 0 unspecified atom stereocenters. The van der Waals surface area contributed by atoms with Crippen molar-refractivity contribution >= 4 is 37.8 Å². The third-order valence-corrected chi connectivity index (χ3v) is 7.20. The third-order valence-electron chi connectivity index (χ3n) is 4.13. The van der Waals surface area contributed by atoms with Crippen LogP contribution in [0.3, 0.4) is 0 Å². The highest BCUT2D eigenvalue weighted by Crippen LogP contribution is 2.59. The number of carbonyl (C=O) groups excluding carboxylic acids is 1. The molecule has 0 aromatic carbocycles. The highest BCUT2D eigenvalue weighted by molar-refractivity contribution is 9.12. The van der Waals surface area contributed by atoms with Gasteiger partial charge < -0.3 is 4.74 Å². The second kappa shape index (κ2) is 4.23. The van der Waals surface area contributed by atoms with Gasteiger partial charge >= 0.3 is 5.97 Å². The molecule has 0 heterocycles. The molecule has 0 aliphatic heterocycles. The molecule has 0 spiro atoms. The van der Waals surface area contributed by atoms with Gasteiger partial charge in [0.15, 0.2) is 0 Å². The second-order valence-corrected chi connectivity index (χ2v) is 6.99. The van der Waals surface area contributed by atoms with Crippen molar-refractivity contribution in [3.8, 4) is 0 Å². The van der Waals surface area contributed by atoms with Crippen LogP contribution in [0.1, 0.15) is 6.92 Å². The molecule has 2 bridgehead atoms. The van der Waals surface area contributed by atoms with E-state index < -0.39 is 0 Å². The Hall–Kier alpha value is -0.0900. The maximum Gasteiger partial charge on any atom is 0.334 e. The van der Waals surface area contributed by atoms with E-state index in [-0.39, 0.29) is 11.9 Å². The Balaban J connectivity index is 1.89. The lowest BCUT2D eigenvalue weighted by Crippen LogP contribution is -2.58. The number of ether oxygens (including phenoxy) is 1. The first-order valence-electron chi connectivity index (χ1n) is 6.00. The van der Waals surface area contributed by atoms with E-state index >= 15 is 0 Å². The largest absolute Gasteiger partial charge is 0.463 e. The maximum atomic E-state index is 11.9. The smallest absolute Gasteiger partial charge is 0.334 e. The van der Waals surface area contributed by atoms with Crippen molar-refractivity contribution in [1.82, 2.24) is 0 Å². The van der Waals surface area contributed by atoms with Crippen LogP contribution in [0, 0.1) is 23.7 Å². The number of halogens is 2. The third kappa shape index (κ3) is 1.60. The highest BCUT2D eigenvalue weighted by atomic mass is 79.9. The van der Waals surface area contributed by atoms with Crippen molar-refractivity contribution < 1.29 is 9.53 Å². The van der Waals surface area contributed by atoms with Gasteiger partial charge in [0, 0.05) is 21.1 Å². The lowest BCUT2D eigenvalue weighted by molar-refractivity contribution is -0.139. The molecule has 1 saturated carbocycles. The molecule has 0 aromatic heterocycles. The van der Waals surface area contributed by atoms with Crippen molar-refractivity contribution in [2.75, 3.05) is 6.61 Å². The van der Waals surface area contributed by atoms with E-state index in [0.717, 1.165) is 5.57 Å². The minimum atomic E-state index is -0.136. The van der Waals surface area contributed by atoms with Gasteiger partial charge in [-0.3, -0.25) is 0 Å². The Morgan fingerprint density at radius 2 is 2.00 bits per heavy atom. The number of rotatable bonds is 2.